The van der Waals surface area contributed by atoms with Crippen LogP contribution in [0.15, 0.2) is 0 Å². The van der Waals surface area contributed by atoms with Crippen LogP contribution in [0.1, 0.15) is 26.2 Å². The van der Waals surface area contributed by atoms with Gasteiger partial charge in [0.25, 0.3) is 0 Å². The number of hydrogen-bond acceptors (Lipinski definition) is 1. The third-order valence-corrected chi connectivity index (χ3v) is 1.70. The molecule has 1 aliphatic carbocycles. The van der Waals surface area contributed by atoms with E-state index in [1.165, 1.54) is 12.8 Å². The van der Waals surface area contributed by atoms with Crippen LogP contribution >= 0.6 is 12.4 Å². The molecule has 1 aliphatic rings. The lowest BCUT2D eigenvalue weighted by molar-refractivity contribution is 0.577. The summed E-state index contributed by atoms with van der Waals surface area (Å²) in [6.07, 6.45) is 3.93. The Labute approximate surface area is 57.1 Å². The molecule has 0 aliphatic heterocycles. The molecule has 1 nitrogen and oxygen atoms in total. The lowest BCUT2D eigenvalue weighted by atomic mass is 10.1. The molecule has 0 amide bonds. The summed E-state index contributed by atoms with van der Waals surface area (Å²) in [5.41, 5.74) is 5.68. The van der Waals surface area contributed by atoms with Crippen molar-refractivity contribution in [2.75, 3.05) is 0 Å². The molecule has 2 N–H and O–H groups in total. The molecule has 0 aromatic heterocycles. The smallest absolute Gasteiger partial charge is 0.00645 e. The van der Waals surface area contributed by atoms with Crippen LogP contribution in [0.5, 0.6) is 0 Å². The fraction of sp³-hybridized carbons (Fsp3) is 1.00. The monoisotopic (exact) mass is 135 g/mol. The third-order valence-electron chi connectivity index (χ3n) is 1.70. The van der Waals surface area contributed by atoms with Crippen LogP contribution in [-0.4, -0.2) is 6.04 Å². The molecule has 0 spiro atoms. The van der Waals surface area contributed by atoms with Gasteiger partial charge >= 0.3 is 0 Å². The van der Waals surface area contributed by atoms with E-state index in [9.17, 15) is 0 Å². The van der Waals surface area contributed by atoms with Crippen molar-refractivity contribution in [2.45, 2.75) is 32.2 Å². The van der Waals surface area contributed by atoms with E-state index in [1.54, 1.807) is 0 Å². The fourth-order valence-electron chi connectivity index (χ4n) is 0.858. The van der Waals surface area contributed by atoms with Gasteiger partial charge in [-0.25, -0.2) is 0 Å². The number of hydrogen-bond donors (Lipinski definition) is 1. The van der Waals surface area contributed by atoms with Gasteiger partial charge in [-0.15, -0.1) is 12.4 Å². The van der Waals surface area contributed by atoms with Crippen LogP contribution in [0.3, 0.4) is 0 Å². The molecule has 0 radical (unpaired) electrons. The van der Waals surface area contributed by atoms with Crippen molar-refractivity contribution in [3.05, 3.63) is 0 Å². The quantitative estimate of drug-likeness (QED) is 0.611. The maximum Gasteiger partial charge on any atom is 0.00645 e. The Morgan fingerprint density at radius 1 is 1.62 bits per heavy atom. The Morgan fingerprint density at radius 2 is 2.12 bits per heavy atom. The van der Waals surface area contributed by atoms with E-state index in [0.717, 1.165) is 12.3 Å². The van der Waals surface area contributed by atoms with Crippen LogP contribution in [0, 0.1) is 5.92 Å². The van der Waals surface area contributed by atoms with Crippen molar-refractivity contribution in [3.63, 3.8) is 0 Å². The maximum absolute atomic E-state index is 5.68. The van der Waals surface area contributed by atoms with E-state index in [-0.39, 0.29) is 12.4 Å². The van der Waals surface area contributed by atoms with Gasteiger partial charge in [0, 0.05) is 6.04 Å². The van der Waals surface area contributed by atoms with E-state index in [0.29, 0.717) is 6.04 Å². The summed E-state index contributed by atoms with van der Waals surface area (Å²) in [5.74, 6) is 0.894. The Hall–Kier alpha value is 0.250. The second-order valence-electron chi connectivity index (χ2n) is 2.41. The Morgan fingerprint density at radius 3 is 2.25 bits per heavy atom. The van der Waals surface area contributed by atoms with Gasteiger partial charge in [-0.3, -0.25) is 0 Å². The number of halogens is 1. The molecule has 2 heteroatoms. The van der Waals surface area contributed by atoms with Crippen LogP contribution < -0.4 is 5.73 Å². The minimum absolute atomic E-state index is 0. The highest BCUT2D eigenvalue weighted by atomic mass is 35.5. The van der Waals surface area contributed by atoms with Gasteiger partial charge in [0.1, 0.15) is 0 Å². The normalized spacial score (nSPS) is 21.8. The molecule has 0 aromatic rings. The van der Waals surface area contributed by atoms with Gasteiger partial charge in [-0.2, -0.15) is 0 Å². The molecular formula is C6H14ClN. The van der Waals surface area contributed by atoms with E-state index in [1.807, 2.05) is 0 Å². The predicted molar refractivity (Wildman–Crippen MR) is 38.2 cm³/mol. The van der Waals surface area contributed by atoms with E-state index in [4.69, 9.17) is 5.73 Å². The van der Waals surface area contributed by atoms with Crippen LogP contribution in [-0.2, 0) is 0 Å². The van der Waals surface area contributed by atoms with E-state index in [2.05, 4.69) is 6.92 Å². The van der Waals surface area contributed by atoms with Gasteiger partial charge in [0.2, 0.25) is 0 Å². The molecule has 1 saturated carbocycles. The van der Waals surface area contributed by atoms with Gasteiger partial charge in [-0.05, 0) is 25.2 Å². The first-order valence-electron chi connectivity index (χ1n) is 3.10. The zero-order valence-electron chi connectivity index (χ0n) is 5.26. The summed E-state index contributed by atoms with van der Waals surface area (Å²) in [7, 11) is 0. The molecule has 0 bridgehead atoms. The highest BCUT2D eigenvalue weighted by molar-refractivity contribution is 5.85. The second kappa shape index (κ2) is 3.31. The van der Waals surface area contributed by atoms with Crippen LogP contribution in [0.4, 0.5) is 0 Å². The molecule has 8 heavy (non-hydrogen) atoms. The number of nitrogens with two attached hydrogens (primary N) is 1. The van der Waals surface area contributed by atoms with Crippen molar-refractivity contribution in [2.24, 2.45) is 11.7 Å². The second-order valence-corrected chi connectivity index (χ2v) is 2.41. The zero-order chi connectivity index (χ0) is 5.28. The minimum atomic E-state index is 0. The standard InChI is InChI=1S/C6H13N.ClH/c1-2-6(7)5-3-4-5;/h5-6H,2-4,7H2,1H3;1H/t6-;/m0./s1. The summed E-state index contributed by atoms with van der Waals surface area (Å²) in [6, 6.07) is 0.514. The lowest BCUT2D eigenvalue weighted by Gasteiger charge is -2.02. The zero-order valence-corrected chi connectivity index (χ0v) is 6.08. The summed E-state index contributed by atoms with van der Waals surface area (Å²) < 4.78 is 0. The summed E-state index contributed by atoms with van der Waals surface area (Å²) in [6.45, 7) is 2.16. The van der Waals surface area contributed by atoms with Gasteiger partial charge < -0.3 is 5.73 Å². The first kappa shape index (κ1) is 8.25. The highest BCUT2D eigenvalue weighted by Crippen LogP contribution is 2.32. The predicted octanol–water partition coefficient (Wildman–Crippen LogP) is 1.56. The average Bonchev–Trinajstić information content (AvgIpc) is 2.44. The Balaban J connectivity index is 0.000000490. The first-order valence-corrected chi connectivity index (χ1v) is 3.10. The topological polar surface area (TPSA) is 26.0 Å². The van der Waals surface area contributed by atoms with Gasteiger partial charge in [-0.1, -0.05) is 6.92 Å². The molecule has 1 rings (SSSR count). The van der Waals surface area contributed by atoms with Crippen LogP contribution in [0.25, 0.3) is 0 Å². The molecule has 0 unspecified atom stereocenters. The summed E-state index contributed by atoms with van der Waals surface area (Å²) in [5, 5.41) is 0. The van der Waals surface area contributed by atoms with E-state index < -0.39 is 0 Å². The van der Waals surface area contributed by atoms with Crippen molar-refractivity contribution in [1.29, 1.82) is 0 Å². The first-order chi connectivity index (χ1) is 3.34. The average molecular weight is 136 g/mol. The summed E-state index contributed by atoms with van der Waals surface area (Å²) >= 11 is 0. The fourth-order valence-corrected chi connectivity index (χ4v) is 0.858. The van der Waals surface area contributed by atoms with Crippen molar-refractivity contribution in [3.8, 4) is 0 Å². The van der Waals surface area contributed by atoms with Crippen molar-refractivity contribution in [1.82, 2.24) is 0 Å². The Bertz CT molecular complexity index is 61.5. The van der Waals surface area contributed by atoms with E-state index >= 15 is 0 Å². The molecule has 1 fully saturated rings. The van der Waals surface area contributed by atoms with Crippen molar-refractivity contribution < 1.29 is 0 Å². The molecule has 0 heterocycles. The number of rotatable bonds is 2. The third kappa shape index (κ3) is 2.01. The molecule has 0 aromatic carbocycles. The van der Waals surface area contributed by atoms with Gasteiger partial charge in [0.05, 0.1) is 0 Å². The molecular weight excluding hydrogens is 122 g/mol. The SMILES string of the molecule is CC[C@H](N)C1CC1.Cl. The Kier molecular flexibility index (Phi) is 3.41. The summed E-state index contributed by atoms with van der Waals surface area (Å²) in [4.78, 5) is 0. The molecule has 1 atom stereocenters. The van der Waals surface area contributed by atoms with Gasteiger partial charge in [0.15, 0.2) is 0 Å². The lowest BCUT2D eigenvalue weighted by Crippen LogP contribution is -2.20. The molecule has 50 valence electrons. The van der Waals surface area contributed by atoms with Crippen molar-refractivity contribution >= 4 is 12.4 Å². The van der Waals surface area contributed by atoms with Crippen LogP contribution in [0.2, 0.25) is 0 Å². The highest BCUT2D eigenvalue weighted by Gasteiger charge is 2.26. The molecule has 0 saturated heterocycles. The largest absolute Gasteiger partial charge is 0.327 e. The maximum atomic E-state index is 5.68. The minimum Gasteiger partial charge on any atom is -0.327 e.